The highest BCUT2D eigenvalue weighted by Gasteiger charge is 2.48. The van der Waals surface area contributed by atoms with Gasteiger partial charge in [-0.25, -0.2) is 0 Å². The van der Waals surface area contributed by atoms with Gasteiger partial charge in [0.25, 0.3) is 0 Å². The number of aldehydes is 1. The lowest BCUT2D eigenvalue weighted by molar-refractivity contribution is -0.123. The second-order valence-corrected chi connectivity index (χ2v) is 12.2. The van der Waals surface area contributed by atoms with Gasteiger partial charge in [-0.05, 0) is 42.4 Å². The van der Waals surface area contributed by atoms with Gasteiger partial charge in [0.1, 0.15) is 5.75 Å². The maximum atomic E-state index is 12.0. The van der Waals surface area contributed by atoms with Crippen LogP contribution in [-0.2, 0) is 9.22 Å². The molecule has 2 rings (SSSR count). The fraction of sp³-hybridized carbons (Fsp3) is 0.421. The Balaban J connectivity index is 2.31. The van der Waals surface area contributed by atoms with Crippen molar-refractivity contribution in [2.24, 2.45) is 0 Å². The zero-order valence-electron chi connectivity index (χ0n) is 14.6. The molecule has 0 amide bonds. The van der Waals surface area contributed by atoms with Gasteiger partial charge in [-0.1, -0.05) is 51.1 Å². The first-order valence-corrected chi connectivity index (χ1v) is 10.9. The summed E-state index contributed by atoms with van der Waals surface area (Å²) >= 11 is 0. The van der Waals surface area contributed by atoms with Crippen molar-refractivity contribution in [2.45, 2.75) is 50.6 Å². The van der Waals surface area contributed by atoms with Crippen LogP contribution in [0.2, 0.25) is 18.1 Å². The molecule has 4 heteroatoms. The van der Waals surface area contributed by atoms with E-state index in [4.69, 9.17) is 9.16 Å². The van der Waals surface area contributed by atoms with Crippen LogP contribution in [0.5, 0.6) is 5.75 Å². The third-order valence-electron chi connectivity index (χ3n) is 4.63. The molecule has 2 unspecified atom stereocenters. The highest BCUT2D eigenvalue weighted by atomic mass is 28.4. The van der Waals surface area contributed by atoms with Crippen molar-refractivity contribution in [2.75, 3.05) is 0 Å². The number of carbonyl (C=O) groups excluding carboxylic acids is 1. The standard InChI is InChI=1S/C19H26O3Si/c1-18(2,3)23(4,5)22-19(15-20)14-10-9-13-17(19)21-16-11-7-6-8-12-16/h6-15,17H,1-5H3. The van der Waals surface area contributed by atoms with Gasteiger partial charge in [0, 0.05) is 0 Å². The first-order chi connectivity index (χ1) is 10.7. The van der Waals surface area contributed by atoms with Crippen LogP contribution in [0.1, 0.15) is 20.8 Å². The molecule has 2 atom stereocenters. The molecule has 23 heavy (non-hydrogen) atoms. The minimum Gasteiger partial charge on any atom is -0.483 e. The molecule has 0 radical (unpaired) electrons. The summed E-state index contributed by atoms with van der Waals surface area (Å²) in [5.41, 5.74) is -1.08. The van der Waals surface area contributed by atoms with Crippen molar-refractivity contribution in [3.63, 3.8) is 0 Å². The number of rotatable bonds is 5. The molecular formula is C19H26O3Si. The molecule has 0 saturated carbocycles. The van der Waals surface area contributed by atoms with Crippen LogP contribution in [0.4, 0.5) is 0 Å². The highest BCUT2D eigenvalue weighted by Crippen LogP contribution is 2.41. The summed E-state index contributed by atoms with van der Waals surface area (Å²) in [4.78, 5) is 12.0. The summed E-state index contributed by atoms with van der Waals surface area (Å²) in [7, 11) is -2.14. The molecule has 3 nitrogen and oxygen atoms in total. The molecule has 0 fully saturated rings. The van der Waals surface area contributed by atoms with Crippen molar-refractivity contribution in [1.82, 2.24) is 0 Å². The van der Waals surface area contributed by atoms with Crippen molar-refractivity contribution in [3.05, 3.63) is 54.6 Å². The van der Waals surface area contributed by atoms with Gasteiger partial charge in [-0.2, -0.15) is 0 Å². The Morgan fingerprint density at radius 3 is 2.35 bits per heavy atom. The Hall–Kier alpha value is -1.65. The van der Waals surface area contributed by atoms with Gasteiger partial charge >= 0.3 is 0 Å². The fourth-order valence-electron chi connectivity index (χ4n) is 2.21. The van der Waals surface area contributed by atoms with Gasteiger partial charge in [0.2, 0.25) is 0 Å². The third kappa shape index (κ3) is 3.82. The van der Waals surface area contributed by atoms with Gasteiger partial charge < -0.3 is 9.16 Å². The van der Waals surface area contributed by atoms with Crippen LogP contribution in [0.25, 0.3) is 0 Å². The van der Waals surface area contributed by atoms with E-state index >= 15 is 0 Å². The fourth-order valence-corrected chi connectivity index (χ4v) is 3.63. The molecule has 1 aliphatic rings. The maximum Gasteiger partial charge on any atom is 0.194 e. The van der Waals surface area contributed by atoms with Crippen LogP contribution in [-0.4, -0.2) is 26.3 Å². The van der Waals surface area contributed by atoms with Gasteiger partial charge in [-0.15, -0.1) is 0 Å². The molecule has 0 bridgehead atoms. The molecule has 0 spiro atoms. The lowest BCUT2D eigenvalue weighted by Crippen LogP contribution is -2.56. The van der Waals surface area contributed by atoms with E-state index in [-0.39, 0.29) is 5.04 Å². The third-order valence-corrected chi connectivity index (χ3v) is 9.10. The minimum absolute atomic E-state index is 0.00923. The van der Waals surface area contributed by atoms with E-state index in [1.54, 1.807) is 0 Å². The molecule has 0 aromatic heterocycles. The predicted octanol–water partition coefficient (Wildman–Crippen LogP) is 4.52. The molecule has 0 N–H and O–H groups in total. The van der Waals surface area contributed by atoms with Crippen molar-refractivity contribution in [1.29, 1.82) is 0 Å². The summed E-state index contributed by atoms with van der Waals surface area (Å²) in [6.07, 6.45) is 7.85. The smallest absolute Gasteiger partial charge is 0.194 e. The Labute approximate surface area is 140 Å². The van der Waals surface area contributed by atoms with Gasteiger partial charge in [0.15, 0.2) is 26.3 Å². The highest BCUT2D eigenvalue weighted by molar-refractivity contribution is 6.74. The molecular weight excluding hydrogens is 304 g/mol. The summed E-state index contributed by atoms with van der Waals surface area (Å²) in [5.74, 6) is 0.725. The number of carbonyl (C=O) groups is 1. The Morgan fingerprint density at radius 1 is 1.13 bits per heavy atom. The van der Waals surface area contributed by atoms with Crippen LogP contribution in [0.3, 0.4) is 0 Å². The van der Waals surface area contributed by atoms with Gasteiger partial charge in [0.05, 0.1) is 0 Å². The Bertz CT molecular complexity index is 599. The number of hydrogen-bond acceptors (Lipinski definition) is 3. The summed E-state index contributed by atoms with van der Waals surface area (Å²) in [5, 5.41) is 0.00923. The topological polar surface area (TPSA) is 35.5 Å². The molecule has 1 aromatic rings. The number of hydrogen-bond donors (Lipinski definition) is 0. The first-order valence-electron chi connectivity index (χ1n) is 7.94. The second kappa shape index (κ2) is 6.46. The molecule has 0 heterocycles. The van der Waals surface area contributed by atoms with E-state index in [1.807, 2.05) is 54.6 Å². The van der Waals surface area contributed by atoms with E-state index in [1.165, 1.54) is 0 Å². The molecule has 0 saturated heterocycles. The van der Waals surface area contributed by atoms with Gasteiger partial charge in [-0.3, -0.25) is 4.79 Å². The number of para-hydroxylation sites is 1. The first kappa shape index (κ1) is 17.7. The number of allylic oxidation sites excluding steroid dienone is 2. The lowest BCUT2D eigenvalue weighted by atomic mass is 9.94. The Kier molecular flexibility index (Phi) is 4.97. The monoisotopic (exact) mass is 330 g/mol. The number of ether oxygens (including phenoxy) is 1. The van der Waals surface area contributed by atoms with Crippen LogP contribution in [0, 0.1) is 0 Å². The zero-order chi connectivity index (χ0) is 17.1. The van der Waals surface area contributed by atoms with E-state index < -0.39 is 20.0 Å². The maximum absolute atomic E-state index is 12.0. The lowest BCUT2D eigenvalue weighted by Gasteiger charge is -2.44. The predicted molar refractivity (Wildman–Crippen MR) is 96.2 cm³/mol. The van der Waals surface area contributed by atoms with Crippen molar-refractivity contribution in [3.8, 4) is 5.75 Å². The van der Waals surface area contributed by atoms with Crippen LogP contribution >= 0.6 is 0 Å². The number of benzene rings is 1. The van der Waals surface area contributed by atoms with Crippen LogP contribution in [0.15, 0.2) is 54.6 Å². The normalized spacial score (nSPS) is 24.5. The second-order valence-electron chi connectivity index (χ2n) is 7.43. The van der Waals surface area contributed by atoms with E-state index in [0.717, 1.165) is 12.0 Å². The molecule has 0 aliphatic heterocycles. The van der Waals surface area contributed by atoms with Crippen molar-refractivity contribution >= 4 is 14.6 Å². The molecule has 1 aromatic carbocycles. The van der Waals surface area contributed by atoms with E-state index in [2.05, 4.69) is 33.9 Å². The Morgan fingerprint density at radius 2 is 1.78 bits per heavy atom. The average molecular weight is 331 g/mol. The summed E-state index contributed by atoms with van der Waals surface area (Å²) < 4.78 is 12.5. The van der Waals surface area contributed by atoms with Crippen molar-refractivity contribution < 1.29 is 14.0 Å². The SMILES string of the molecule is CC(C)(C)[Si](C)(C)OC1(C=O)C=CC=CC1Oc1ccccc1. The van der Waals surface area contributed by atoms with Crippen LogP contribution < -0.4 is 4.74 Å². The largest absolute Gasteiger partial charge is 0.483 e. The molecule has 1 aliphatic carbocycles. The zero-order valence-corrected chi connectivity index (χ0v) is 15.6. The quantitative estimate of drug-likeness (QED) is 0.588. The van der Waals surface area contributed by atoms with E-state index in [0.29, 0.717) is 0 Å². The molecule has 124 valence electrons. The van der Waals surface area contributed by atoms with E-state index in [9.17, 15) is 4.79 Å². The average Bonchev–Trinajstić information content (AvgIpc) is 2.49. The minimum atomic E-state index is -2.14. The summed E-state index contributed by atoms with van der Waals surface area (Å²) in [6, 6.07) is 9.52. The summed E-state index contributed by atoms with van der Waals surface area (Å²) in [6.45, 7) is 10.8.